The minimum absolute atomic E-state index is 0.258. The summed E-state index contributed by atoms with van der Waals surface area (Å²) in [5.74, 6) is 0. The quantitative estimate of drug-likeness (QED) is 0.835. The number of hydrogen-bond acceptors (Lipinski definition) is 3. The molecule has 26 heavy (non-hydrogen) atoms. The maximum atomic E-state index is 12.2. The molecule has 0 spiro atoms. The number of anilines is 1. The Hall–Kier alpha value is -2.05. The van der Waals surface area contributed by atoms with Crippen LogP contribution in [0.25, 0.3) is 0 Å². The molecule has 2 heterocycles. The van der Waals surface area contributed by atoms with Gasteiger partial charge in [-0.05, 0) is 50.1 Å². The molecule has 3 rings (SSSR count). The van der Waals surface area contributed by atoms with Crippen molar-refractivity contribution in [1.82, 2.24) is 20.0 Å². The molecular formula is C19H26ClN5O. The third-order valence-corrected chi connectivity index (χ3v) is 4.80. The molecule has 2 aromatic rings. The van der Waals surface area contributed by atoms with Gasteiger partial charge in [-0.25, -0.2) is 4.79 Å². The molecule has 6 nitrogen and oxygen atoms in total. The van der Waals surface area contributed by atoms with E-state index in [1.807, 2.05) is 13.0 Å². The monoisotopic (exact) mass is 375 g/mol. The van der Waals surface area contributed by atoms with Gasteiger partial charge in [-0.15, -0.1) is 0 Å². The molecule has 2 amide bonds. The lowest BCUT2D eigenvalue weighted by molar-refractivity contribution is 0.251. The van der Waals surface area contributed by atoms with E-state index in [0.29, 0.717) is 17.3 Å². The number of fused-ring (bicyclic) bond motifs is 1. The van der Waals surface area contributed by atoms with Crippen LogP contribution in [0, 0.1) is 6.92 Å². The SMILES string of the molecule is CCCN1CCCn2nc(CNC(=O)Nc3cc(Cl)ccc3C)cc2C1. The van der Waals surface area contributed by atoms with Gasteiger partial charge in [0, 0.05) is 30.3 Å². The van der Waals surface area contributed by atoms with E-state index in [2.05, 4.69) is 38.3 Å². The molecule has 2 N–H and O–H groups in total. The van der Waals surface area contributed by atoms with Crippen LogP contribution in [0.4, 0.5) is 10.5 Å². The third kappa shape index (κ3) is 4.77. The lowest BCUT2D eigenvalue weighted by atomic mass is 10.2. The lowest BCUT2D eigenvalue weighted by Crippen LogP contribution is -2.28. The summed E-state index contributed by atoms with van der Waals surface area (Å²) in [5.41, 5.74) is 3.79. The Morgan fingerprint density at radius 2 is 2.15 bits per heavy atom. The summed E-state index contributed by atoms with van der Waals surface area (Å²) in [5, 5.41) is 11.0. The molecule has 1 aliphatic heterocycles. The molecule has 0 bridgehead atoms. The van der Waals surface area contributed by atoms with Crippen molar-refractivity contribution in [3.8, 4) is 0 Å². The third-order valence-electron chi connectivity index (χ3n) is 4.56. The number of aryl methyl sites for hydroxylation is 2. The zero-order valence-corrected chi connectivity index (χ0v) is 16.1. The summed E-state index contributed by atoms with van der Waals surface area (Å²) in [4.78, 5) is 14.6. The van der Waals surface area contributed by atoms with Crippen molar-refractivity contribution in [2.75, 3.05) is 18.4 Å². The van der Waals surface area contributed by atoms with E-state index in [1.54, 1.807) is 12.1 Å². The number of hydrogen-bond donors (Lipinski definition) is 2. The first kappa shape index (κ1) is 18.7. The summed E-state index contributed by atoms with van der Waals surface area (Å²) >= 11 is 5.99. The highest BCUT2D eigenvalue weighted by Gasteiger charge is 2.16. The highest BCUT2D eigenvalue weighted by Crippen LogP contribution is 2.20. The number of nitrogens with one attached hydrogen (secondary N) is 2. The van der Waals surface area contributed by atoms with Crippen molar-refractivity contribution in [2.45, 2.75) is 46.3 Å². The van der Waals surface area contributed by atoms with Crippen LogP contribution in [0.2, 0.25) is 5.02 Å². The largest absolute Gasteiger partial charge is 0.332 e. The molecule has 0 radical (unpaired) electrons. The Labute approximate surface area is 159 Å². The van der Waals surface area contributed by atoms with Gasteiger partial charge in [0.05, 0.1) is 17.9 Å². The number of amides is 2. The lowest BCUT2D eigenvalue weighted by Gasteiger charge is -2.17. The number of carbonyl (C=O) groups excluding carboxylic acids is 1. The fourth-order valence-corrected chi connectivity index (χ4v) is 3.42. The van der Waals surface area contributed by atoms with Crippen LogP contribution in [-0.4, -0.2) is 33.8 Å². The summed E-state index contributed by atoms with van der Waals surface area (Å²) in [7, 11) is 0. The molecule has 0 aliphatic carbocycles. The topological polar surface area (TPSA) is 62.2 Å². The smallest absolute Gasteiger partial charge is 0.319 e. The number of nitrogens with zero attached hydrogens (tertiary/aromatic N) is 3. The second-order valence-corrected chi connectivity index (χ2v) is 7.18. The van der Waals surface area contributed by atoms with E-state index in [-0.39, 0.29) is 6.03 Å². The number of aromatic nitrogens is 2. The Bertz CT molecular complexity index is 773. The highest BCUT2D eigenvalue weighted by molar-refractivity contribution is 6.31. The van der Waals surface area contributed by atoms with Gasteiger partial charge in [-0.3, -0.25) is 9.58 Å². The molecule has 0 fully saturated rings. The van der Waals surface area contributed by atoms with Crippen LogP contribution in [0.5, 0.6) is 0 Å². The van der Waals surface area contributed by atoms with E-state index in [4.69, 9.17) is 11.6 Å². The Morgan fingerprint density at radius 1 is 1.31 bits per heavy atom. The van der Waals surface area contributed by atoms with Crippen LogP contribution < -0.4 is 10.6 Å². The van der Waals surface area contributed by atoms with Crippen LogP contribution in [-0.2, 0) is 19.6 Å². The predicted octanol–water partition coefficient (Wildman–Crippen LogP) is 3.78. The fraction of sp³-hybridized carbons (Fsp3) is 0.474. The second-order valence-electron chi connectivity index (χ2n) is 6.75. The fourth-order valence-electron chi connectivity index (χ4n) is 3.25. The first-order valence-electron chi connectivity index (χ1n) is 9.14. The molecule has 1 aromatic heterocycles. The predicted molar refractivity (Wildman–Crippen MR) is 104 cm³/mol. The van der Waals surface area contributed by atoms with Crippen LogP contribution in [0.15, 0.2) is 24.3 Å². The van der Waals surface area contributed by atoms with Gasteiger partial charge < -0.3 is 10.6 Å². The van der Waals surface area contributed by atoms with Crippen LogP contribution >= 0.6 is 11.6 Å². The summed E-state index contributed by atoms with van der Waals surface area (Å²) in [6, 6.07) is 7.27. The van der Waals surface area contributed by atoms with Gasteiger partial charge >= 0.3 is 6.03 Å². The van der Waals surface area contributed by atoms with Gasteiger partial charge in [-0.1, -0.05) is 24.6 Å². The minimum atomic E-state index is -0.258. The Balaban J connectivity index is 1.57. The summed E-state index contributed by atoms with van der Waals surface area (Å²) in [6.45, 7) is 8.63. The summed E-state index contributed by atoms with van der Waals surface area (Å²) in [6.07, 6.45) is 2.27. The molecule has 0 saturated carbocycles. The van der Waals surface area contributed by atoms with E-state index < -0.39 is 0 Å². The van der Waals surface area contributed by atoms with Crippen molar-refractivity contribution < 1.29 is 4.79 Å². The number of urea groups is 1. The van der Waals surface area contributed by atoms with Gasteiger partial charge in [-0.2, -0.15) is 5.10 Å². The van der Waals surface area contributed by atoms with Gasteiger partial charge in [0.2, 0.25) is 0 Å². The van der Waals surface area contributed by atoms with Crippen molar-refractivity contribution in [1.29, 1.82) is 0 Å². The molecule has 0 unspecified atom stereocenters. The molecule has 1 aromatic carbocycles. The molecule has 0 atom stereocenters. The highest BCUT2D eigenvalue weighted by atomic mass is 35.5. The molecule has 140 valence electrons. The minimum Gasteiger partial charge on any atom is -0.332 e. The van der Waals surface area contributed by atoms with Crippen LogP contribution in [0.3, 0.4) is 0 Å². The zero-order valence-electron chi connectivity index (χ0n) is 15.4. The molecule has 7 heteroatoms. The number of carbonyl (C=O) groups is 1. The number of halogens is 1. The van der Waals surface area contributed by atoms with E-state index >= 15 is 0 Å². The standard InChI is InChI=1S/C19H26ClN5O/c1-3-7-24-8-4-9-25-17(13-24)11-16(23-25)12-21-19(26)22-18-10-15(20)6-5-14(18)2/h5-6,10-11H,3-4,7-9,12-13H2,1-2H3,(H2,21,22,26). The maximum Gasteiger partial charge on any atom is 0.319 e. The van der Waals surface area contributed by atoms with Crippen molar-refractivity contribution in [3.05, 3.63) is 46.2 Å². The Morgan fingerprint density at radius 3 is 2.96 bits per heavy atom. The zero-order chi connectivity index (χ0) is 18.5. The first-order valence-corrected chi connectivity index (χ1v) is 9.52. The normalized spacial score (nSPS) is 14.6. The van der Waals surface area contributed by atoms with E-state index in [9.17, 15) is 4.79 Å². The number of rotatable bonds is 5. The second kappa shape index (κ2) is 8.56. The van der Waals surface area contributed by atoms with E-state index in [0.717, 1.165) is 50.3 Å². The molecule has 1 aliphatic rings. The van der Waals surface area contributed by atoms with E-state index in [1.165, 1.54) is 5.69 Å². The summed E-state index contributed by atoms with van der Waals surface area (Å²) < 4.78 is 2.08. The average Bonchev–Trinajstić information content (AvgIpc) is 2.89. The van der Waals surface area contributed by atoms with Gasteiger partial charge in [0.15, 0.2) is 0 Å². The van der Waals surface area contributed by atoms with Crippen molar-refractivity contribution >= 4 is 23.3 Å². The van der Waals surface area contributed by atoms with Gasteiger partial charge in [0.25, 0.3) is 0 Å². The van der Waals surface area contributed by atoms with Crippen molar-refractivity contribution in [2.24, 2.45) is 0 Å². The maximum absolute atomic E-state index is 12.2. The first-order chi connectivity index (χ1) is 12.5. The van der Waals surface area contributed by atoms with Crippen LogP contribution in [0.1, 0.15) is 36.7 Å². The van der Waals surface area contributed by atoms with Gasteiger partial charge in [0.1, 0.15) is 0 Å². The molecule has 0 saturated heterocycles. The Kier molecular flexibility index (Phi) is 6.16. The van der Waals surface area contributed by atoms with Crippen molar-refractivity contribution in [3.63, 3.8) is 0 Å². The number of benzene rings is 1. The molecular weight excluding hydrogens is 350 g/mol. The average molecular weight is 376 g/mol.